The van der Waals surface area contributed by atoms with Crippen LogP contribution >= 0.6 is 41.9 Å². The highest BCUT2D eigenvalue weighted by Crippen LogP contribution is 2.46. The summed E-state index contributed by atoms with van der Waals surface area (Å²) in [7, 11) is -1.06. The number of nitrogens with zero attached hydrogens (tertiary/aromatic N) is 5. The third-order valence-electron chi connectivity index (χ3n) is 8.25. The monoisotopic (exact) mass is 661 g/mol. The number of ether oxygens (including phenoxy) is 1. The summed E-state index contributed by atoms with van der Waals surface area (Å²) in [4.78, 5) is 13.7. The van der Waals surface area contributed by atoms with E-state index in [4.69, 9.17) is 44.8 Å². The quantitative estimate of drug-likeness (QED) is 0.182. The van der Waals surface area contributed by atoms with Gasteiger partial charge in [-0.2, -0.15) is 10.2 Å². The van der Waals surface area contributed by atoms with Crippen LogP contribution in [-0.4, -0.2) is 68.0 Å². The van der Waals surface area contributed by atoms with Gasteiger partial charge < -0.3 is 24.8 Å². The second-order valence-electron chi connectivity index (χ2n) is 11.6. The second-order valence-corrected chi connectivity index (χ2v) is 16.0. The van der Waals surface area contributed by atoms with Crippen LogP contribution in [0.3, 0.4) is 0 Å². The normalized spacial score (nSPS) is 16.5. The number of likely N-dealkylation sites (tertiary alicyclic amines) is 1. The number of hydrogen-bond acceptors (Lipinski definition) is 9. The van der Waals surface area contributed by atoms with E-state index in [2.05, 4.69) is 55.5 Å². The molecule has 0 unspecified atom stereocenters. The minimum absolute atomic E-state index is 0.284. The number of hydrogen-bond donors (Lipinski definition) is 2. The van der Waals surface area contributed by atoms with Crippen molar-refractivity contribution in [3.8, 4) is 11.8 Å². The summed E-state index contributed by atoms with van der Waals surface area (Å²) in [6.07, 6.45) is 4.57. The van der Waals surface area contributed by atoms with Crippen molar-refractivity contribution in [2.45, 2.75) is 26.2 Å². The lowest BCUT2D eigenvalue weighted by atomic mass is 9.71. The summed E-state index contributed by atoms with van der Waals surface area (Å²) in [5.74, 6) is 1.31. The molecule has 2 aliphatic rings. The Balaban J connectivity index is 1.37. The van der Waals surface area contributed by atoms with Crippen LogP contribution in [-0.2, 0) is 11.0 Å². The van der Waals surface area contributed by atoms with Gasteiger partial charge in [0.1, 0.15) is 17.9 Å². The molecule has 3 aromatic rings. The van der Waals surface area contributed by atoms with Gasteiger partial charge in [0, 0.05) is 35.6 Å². The fraction of sp³-hybridized carbons (Fsp3) is 0.433. The zero-order valence-corrected chi connectivity index (χ0v) is 27.8. The summed E-state index contributed by atoms with van der Waals surface area (Å²) in [6, 6.07) is 9.66. The molecule has 5 rings (SSSR count). The van der Waals surface area contributed by atoms with Crippen molar-refractivity contribution < 1.29 is 9.30 Å². The first kappa shape index (κ1) is 31.7. The largest absolute Gasteiger partial charge is 0.494 e. The van der Waals surface area contributed by atoms with E-state index in [1.165, 1.54) is 17.4 Å². The Morgan fingerprint density at radius 2 is 1.74 bits per heavy atom. The Hall–Kier alpha value is -2.73. The summed E-state index contributed by atoms with van der Waals surface area (Å²) in [5.41, 5.74) is 3.92. The second kappa shape index (κ2) is 12.7. The predicted octanol–water partition coefficient (Wildman–Crippen LogP) is 7.17. The molecule has 2 saturated heterocycles. The molecule has 13 heteroatoms. The van der Waals surface area contributed by atoms with Crippen molar-refractivity contribution in [1.82, 2.24) is 14.9 Å². The maximum atomic E-state index is 13.0. The van der Waals surface area contributed by atoms with Crippen LogP contribution in [0, 0.1) is 16.7 Å². The number of aryl methyl sites for hydroxylation is 1. The number of benzene rings is 2. The molecule has 228 valence electrons. The van der Waals surface area contributed by atoms with Gasteiger partial charge >= 0.3 is 0 Å². The highest BCUT2D eigenvalue weighted by molar-refractivity contribution is 7.70. The Kier molecular flexibility index (Phi) is 9.37. The summed E-state index contributed by atoms with van der Waals surface area (Å²) in [5, 5.41) is 16.9. The van der Waals surface area contributed by atoms with Gasteiger partial charge in [-0.05, 0) is 69.4 Å². The molecule has 0 saturated carbocycles. The number of methoxy groups -OCH3 is 1. The SMILES string of the molecule is CCc1cc(Nc2ncc(Cl)c(Nc3cc(Cl)c(Cl)cc3P(C)(C)=O)n2)c(OC)cc1N1CC2(CCN(CC#N)CC2)C1. The molecule has 2 aliphatic heterocycles. The smallest absolute Gasteiger partial charge is 0.229 e. The van der Waals surface area contributed by atoms with Gasteiger partial charge in [-0.1, -0.05) is 41.7 Å². The fourth-order valence-electron chi connectivity index (χ4n) is 5.84. The molecule has 9 nitrogen and oxygen atoms in total. The average Bonchev–Trinajstić information content (AvgIpc) is 2.95. The van der Waals surface area contributed by atoms with E-state index in [1.807, 2.05) is 0 Å². The molecule has 0 atom stereocenters. The maximum Gasteiger partial charge on any atom is 0.229 e. The first-order chi connectivity index (χ1) is 20.4. The van der Waals surface area contributed by atoms with Gasteiger partial charge in [-0.25, -0.2) is 4.98 Å². The van der Waals surface area contributed by atoms with Crippen LogP contribution in [0.5, 0.6) is 5.75 Å². The number of anilines is 5. The number of halogens is 3. The van der Waals surface area contributed by atoms with Crippen LogP contribution in [0.1, 0.15) is 25.3 Å². The minimum atomic E-state index is -2.71. The Labute approximate surface area is 267 Å². The molecule has 0 radical (unpaired) electrons. The molecule has 1 spiro atoms. The number of nitrogens with one attached hydrogen (secondary N) is 2. The van der Waals surface area contributed by atoms with Gasteiger partial charge in [0.15, 0.2) is 5.82 Å². The number of aromatic nitrogens is 2. The molecule has 3 heterocycles. The fourth-order valence-corrected chi connectivity index (χ4v) is 7.52. The van der Waals surface area contributed by atoms with Crippen molar-refractivity contribution in [1.29, 1.82) is 5.26 Å². The van der Waals surface area contributed by atoms with Crippen LogP contribution in [0.15, 0.2) is 30.5 Å². The van der Waals surface area contributed by atoms with Gasteiger partial charge in [0.05, 0.1) is 47.3 Å². The van der Waals surface area contributed by atoms with Crippen LogP contribution in [0.4, 0.5) is 28.8 Å². The van der Waals surface area contributed by atoms with Crippen molar-refractivity contribution in [2.24, 2.45) is 5.41 Å². The third-order valence-corrected chi connectivity index (χ3v) is 10.8. The lowest BCUT2D eigenvalue weighted by molar-refractivity contribution is 0.0836. The van der Waals surface area contributed by atoms with Crippen molar-refractivity contribution in [2.75, 3.05) is 68.7 Å². The Morgan fingerprint density at radius 1 is 1.05 bits per heavy atom. The Morgan fingerprint density at radius 3 is 2.37 bits per heavy atom. The van der Waals surface area contributed by atoms with Crippen LogP contribution in [0.2, 0.25) is 15.1 Å². The summed E-state index contributed by atoms with van der Waals surface area (Å²) >= 11 is 19.0. The standard InChI is InChI=1S/C30H35Cl3N7O2P/c1-5-19-12-23(26(42-2)15-25(19)40-17-30(18-40)6-9-39(10-7-30)11-8-34)37-29-35-16-22(33)28(38-29)36-24-13-20(31)21(32)14-27(24)43(3,4)41/h12-16H,5-7,9-11,17-18H2,1-4H3,(H2,35,36,37,38). The average molecular weight is 663 g/mol. The minimum Gasteiger partial charge on any atom is -0.494 e. The molecule has 2 fully saturated rings. The number of piperidine rings is 1. The molecule has 43 heavy (non-hydrogen) atoms. The van der Waals surface area contributed by atoms with E-state index < -0.39 is 7.14 Å². The summed E-state index contributed by atoms with van der Waals surface area (Å²) in [6.45, 7) is 9.94. The highest BCUT2D eigenvalue weighted by atomic mass is 35.5. The van der Waals surface area contributed by atoms with E-state index in [1.54, 1.807) is 32.6 Å². The molecule has 2 aromatic carbocycles. The van der Waals surface area contributed by atoms with Crippen molar-refractivity contribution in [3.63, 3.8) is 0 Å². The topological polar surface area (TPSA) is 106 Å². The third kappa shape index (κ3) is 6.84. The molecular weight excluding hydrogens is 628 g/mol. The molecule has 0 amide bonds. The Bertz CT molecular complexity index is 1610. The van der Waals surface area contributed by atoms with Crippen molar-refractivity contribution >= 4 is 76.1 Å². The zero-order chi connectivity index (χ0) is 30.9. The maximum absolute atomic E-state index is 13.0. The first-order valence-electron chi connectivity index (χ1n) is 14.1. The number of nitriles is 1. The van der Waals surface area contributed by atoms with Gasteiger partial charge in [-0.15, -0.1) is 0 Å². The van der Waals surface area contributed by atoms with E-state index in [9.17, 15) is 4.57 Å². The van der Waals surface area contributed by atoms with Gasteiger partial charge in [0.25, 0.3) is 0 Å². The molecule has 0 bridgehead atoms. The van der Waals surface area contributed by atoms with E-state index >= 15 is 0 Å². The van der Waals surface area contributed by atoms with Gasteiger partial charge in [0.2, 0.25) is 5.95 Å². The van der Waals surface area contributed by atoms with Crippen molar-refractivity contribution in [3.05, 3.63) is 51.1 Å². The molecule has 2 N–H and O–H groups in total. The van der Waals surface area contributed by atoms with E-state index in [0.29, 0.717) is 50.5 Å². The first-order valence-corrected chi connectivity index (χ1v) is 17.8. The van der Waals surface area contributed by atoms with Crippen LogP contribution < -0.4 is 25.6 Å². The summed E-state index contributed by atoms with van der Waals surface area (Å²) < 4.78 is 18.8. The lowest BCUT2D eigenvalue weighted by Gasteiger charge is -2.55. The van der Waals surface area contributed by atoms with Gasteiger partial charge in [-0.3, -0.25) is 4.90 Å². The highest BCUT2D eigenvalue weighted by Gasteiger charge is 2.45. The predicted molar refractivity (Wildman–Crippen MR) is 177 cm³/mol. The molecular formula is C30H35Cl3N7O2P. The van der Waals surface area contributed by atoms with E-state index in [-0.39, 0.29) is 5.02 Å². The molecule has 0 aliphatic carbocycles. The van der Waals surface area contributed by atoms with Crippen LogP contribution in [0.25, 0.3) is 0 Å². The zero-order valence-electron chi connectivity index (χ0n) is 24.7. The number of rotatable bonds is 9. The van der Waals surface area contributed by atoms with E-state index in [0.717, 1.165) is 51.1 Å². The lowest BCUT2D eigenvalue weighted by Crippen LogP contribution is -2.60. The molecule has 1 aromatic heterocycles.